The van der Waals surface area contributed by atoms with Crippen LogP contribution in [-0.4, -0.2) is 53.8 Å². The van der Waals surface area contributed by atoms with Gasteiger partial charge in [-0.15, -0.1) is 0 Å². The number of hydrogen-bond acceptors (Lipinski definition) is 4. The van der Waals surface area contributed by atoms with Gasteiger partial charge in [-0.1, -0.05) is 6.92 Å². The van der Waals surface area contributed by atoms with Gasteiger partial charge < -0.3 is 14.6 Å². The number of piperidine rings is 1. The fraction of sp³-hybridized carbons (Fsp3) is 0.684. The Hall–Kier alpha value is -1.82. The standard InChI is InChI=1S/C19H27N3O3/c1-2-16-14(11-21-6-3-4-7-21)9-17(25-16)19(24)22-8-5-15-13(12-22)10-18(23)20-15/h9,13,15H,2-8,10-12H2,1H3,(H,20,23)/t13-,15+/m1/s1. The lowest BCUT2D eigenvalue weighted by Gasteiger charge is -2.33. The minimum Gasteiger partial charge on any atom is -0.456 e. The lowest BCUT2D eigenvalue weighted by Crippen LogP contribution is -2.47. The first-order valence-corrected chi connectivity index (χ1v) is 9.56. The first kappa shape index (κ1) is 16.6. The highest BCUT2D eigenvalue weighted by molar-refractivity contribution is 5.92. The van der Waals surface area contributed by atoms with Crippen molar-refractivity contribution in [2.24, 2.45) is 5.92 Å². The number of amides is 2. The highest BCUT2D eigenvalue weighted by atomic mass is 16.4. The first-order chi connectivity index (χ1) is 12.1. The molecule has 3 saturated heterocycles. The van der Waals surface area contributed by atoms with E-state index >= 15 is 0 Å². The van der Waals surface area contributed by atoms with Gasteiger partial charge in [0.2, 0.25) is 5.91 Å². The fourth-order valence-electron chi connectivity index (χ4n) is 4.46. The summed E-state index contributed by atoms with van der Waals surface area (Å²) >= 11 is 0. The van der Waals surface area contributed by atoms with E-state index in [1.54, 1.807) is 0 Å². The molecule has 4 rings (SSSR count). The zero-order valence-electron chi connectivity index (χ0n) is 14.9. The SMILES string of the molecule is CCc1oc(C(=O)N2CC[C@@H]3NC(=O)C[C@@H]3C2)cc1CN1CCCC1. The molecule has 1 aromatic rings. The quantitative estimate of drug-likeness (QED) is 0.903. The van der Waals surface area contributed by atoms with E-state index in [1.807, 2.05) is 11.0 Å². The minimum absolute atomic E-state index is 0.0276. The number of rotatable bonds is 4. The van der Waals surface area contributed by atoms with Crippen LogP contribution < -0.4 is 5.32 Å². The molecule has 0 spiro atoms. The van der Waals surface area contributed by atoms with Crippen LogP contribution in [0.25, 0.3) is 0 Å². The van der Waals surface area contributed by atoms with E-state index in [0.29, 0.717) is 25.3 Å². The van der Waals surface area contributed by atoms with Crippen LogP contribution in [0.3, 0.4) is 0 Å². The van der Waals surface area contributed by atoms with Crippen molar-refractivity contribution in [1.82, 2.24) is 15.1 Å². The van der Waals surface area contributed by atoms with E-state index in [0.717, 1.165) is 43.8 Å². The van der Waals surface area contributed by atoms with E-state index in [-0.39, 0.29) is 23.8 Å². The monoisotopic (exact) mass is 345 g/mol. The van der Waals surface area contributed by atoms with Crippen LogP contribution in [0.5, 0.6) is 0 Å². The molecule has 0 bridgehead atoms. The van der Waals surface area contributed by atoms with Crippen LogP contribution >= 0.6 is 0 Å². The Balaban J connectivity index is 1.46. The summed E-state index contributed by atoms with van der Waals surface area (Å²) in [7, 11) is 0. The maximum Gasteiger partial charge on any atom is 0.289 e. The van der Waals surface area contributed by atoms with Gasteiger partial charge in [0, 0.05) is 50.0 Å². The Kier molecular flexibility index (Phi) is 4.54. The Morgan fingerprint density at radius 2 is 2.12 bits per heavy atom. The maximum absolute atomic E-state index is 12.9. The summed E-state index contributed by atoms with van der Waals surface area (Å²) in [6.07, 6.45) is 4.69. The van der Waals surface area contributed by atoms with Crippen molar-refractivity contribution < 1.29 is 14.0 Å². The predicted octanol–water partition coefficient (Wildman–Crippen LogP) is 1.79. The largest absolute Gasteiger partial charge is 0.456 e. The third-order valence-corrected chi connectivity index (χ3v) is 5.84. The van der Waals surface area contributed by atoms with Crippen molar-refractivity contribution in [2.45, 2.75) is 51.6 Å². The first-order valence-electron chi connectivity index (χ1n) is 9.56. The highest BCUT2D eigenvalue weighted by Crippen LogP contribution is 2.28. The molecule has 0 aromatic carbocycles. The van der Waals surface area contributed by atoms with Crippen molar-refractivity contribution in [2.75, 3.05) is 26.2 Å². The minimum atomic E-state index is -0.0276. The molecule has 2 amide bonds. The van der Waals surface area contributed by atoms with Gasteiger partial charge in [-0.25, -0.2) is 0 Å². The van der Waals surface area contributed by atoms with Crippen molar-refractivity contribution in [3.05, 3.63) is 23.2 Å². The molecule has 2 atom stereocenters. The van der Waals surface area contributed by atoms with Crippen molar-refractivity contribution in [3.63, 3.8) is 0 Å². The molecule has 0 unspecified atom stereocenters. The molecule has 3 aliphatic rings. The summed E-state index contributed by atoms with van der Waals surface area (Å²) in [6.45, 7) is 6.54. The molecule has 6 heteroatoms. The van der Waals surface area contributed by atoms with Crippen LogP contribution in [0.4, 0.5) is 0 Å². The summed E-state index contributed by atoms with van der Waals surface area (Å²) in [4.78, 5) is 28.8. The van der Waals surface area contributed by atoms with E-state index in [1.165, 1.54) is 12.8 Å². The number of nitrogens with zero attached hydrogens (tertiary/aromatic N) is 2. The molecule has 136 valence electrons. The van der Waals surface area contributed by atoms with Gasteiger partial charge in [-0.2, -0.15) is 0 Å². The van der Waals surface area contributed by atoms with Gasteiger partial charge in [-0.05, 0) is 38.4 Å². The van der Waals surface area contributed by atoms with Crippen molar-refractivity contribution in [1.29, 1.82) is 0 Å². The summed E-state index contributed by atoms with van der Waals surface area (Å²) < 4.78 is 5.92. The molecule has 1 aromatic heterocycles. The molecule has 3 aliphatic heterocycles. The smallest absolute Gasteiger partial charge is 0.289 e. The van der Waals surface area contributed by atoms with Crippen molar-refractivity contribution >= 4 is 11.8 Å². The molecule has 6 nitrogen and oxygen atoms in total. The summed E-state index contributed by atoms with van der Waals surface area (Å²) in [6, 6.07) is 2.19. The molecular formula is C19H27N3O3. The second-order valence-corrected chi connectivity index (χ2v) is 7.57. The molecular weight excluding hydrogens is 318 g/mol. The Morgan fingerprint density at radius 3 is 2.88 bits per heavy atom. The molecule has 0 aliphatic carbocycles. The average molecular weight is 345 g/mol. The number of furan rings is 1. The third kappa shape index (κ3) is 3.32. The van der Waals surface area contributed by atoms with Gasteiger partial charge in [0.15, 0.2) is 5.76 Å². The molecule has 0 radical (unpaired) electrons. The number of carbonyl (C=O) groups excluding carboxylic acids is 2. The van der Waals surface area contributed by atoms with Gasteiger partial charge in [-0.3, -0.25) is 14.5 Å². The molecule has 3 fully saturated rings. The zero-order valence-corrected chi connectivity index (χ0v) is 14.9. The topological polar surface area (TPSA) is 65.8 Å². The number of carbonyl (C=O) groups is 2. The maximum atomic E-state index is 12.9. The lowest BCUT2D eigenvalue weighted by molar-refractivity contribution is -0.119. The van der Waals surface area contributed by atoms with Crippen LogP contribution in [-0.2, 0) is 17.8 Å². The molecule has 4 heterocycles. The number of nitrogens with one attached hydrogen (secondary N) is 1. The van der Waals surface area contributed by atoms with E-state index in [9.17, 15) is 9.59 Å². The Morgan fingerprint density at radius 1 is 1.32 bits per heavy atom. The summed E-state index contributed by atoms with van der Waals surface area (Å²) in [5.74, 6) is 1.73. The number of fused-ring (bicyclic) bond motifs is 1. The summed E-state index contributed by atoms with van der Waals surface area (Å²) in [5.41, 5.74) is 1.15. The van der Waals surface area contributed by atoms with E-state index < -0.39 is 0 Å². The number of aryl methyl sites for hydroxylation is 1. The molecule has 1 N–H and O–H groups in total. The average Bonchev–Trinajstić information content (AvgIpc) is 3.32. The van der Waals surface area contributed by atoms with Crippen LogP contribution in [0.2, 0.25) is 0 Å². The Bertz CT molecular complexity index is 663. The van der Waals surface area contributed by atoms with Crippen LogP contribution in [0.15, 0.2) is 10.5 Å². The van der Waals surface area contributed by atoms with Crippen molar-refractivity contribution in [3.8, 4) is 0 Å². The summed E-state index contributed by atoms with van der Waals surface area (Å²) in [5, 5.41) is 3.01. The fourth-order valence-corrected chi connectivity index (χ4v) is 4.46. The normalized spacial score (nSPS) is 26.8. The highest BCUT2D eigenvalue weighted by Gasteiger charge is 2.39. The van der Waals surface area contributed by atoms with Gasteiger partial charge in [0.25, 0.3) is 5.91 Å². The molecule has 25 heavy (non-hydrogen) atoms. The van der Waals surface area contributed by atoms with E-state index in [4.69, 9.17) is 4.42 Å². The predicted molar refractivity (Wildman–Crippen MR) is 93.2 cm³/mol. The second-order valence-electron chi connectivity index (χ2n) is 7.57. The molecule has 0 saturated carbocycles. The van der Waals surface area contributed by atoms with Crippen LogP contribution in [0, 0.1) is 5.92 Å². The van der Waals surface area contributed by atoms with E-state index in [2.05, 4.69) is 17.1 Å². The van der Waals surface area contributed by atoms with Gasteiger partial charge >= 0.3 is 0 Å². The van der Waals surface area contributed by atoms with Gasteiger partial charge in [0.05, 0.1) is 0 Å². The lowest BCUT2D eigenvalue weighted by atomic mass is 9.93. The number of hydrogen-bond donors (Lipinski definition) is 1. The van der Waals surface area contributed by atoms with Gasteiger partial charge in [0.1, 0.15) is 5.76 Å². The number of likely N-dealkylation sites (tertiary alicyclic amines) is 2. The third-order valence-electron chi connectivity index (χ3n) is 5.84. The van der Waals surface area contributed by atoms with Crippen LogP contribution in [0.1, 0.15) is 54.5 Å². The second kappa shape index (κ2) is 6.83. The zero-order chi connectivity index (χ0) is 17.4. The Labute approximate surface area is 148 Å².